The van der Waals surface area contributed by atoms with Crippen LogP contribution in [0.3, 0.4) is 0 Å². The number of carbonyl (C=O) groups is 1. The number of ether oxygens (including phenoxy) is 3. The van der Waals surface area contributed by atoms with E-state index in [0.717, 1.165) is 0 Å². The molecule has 0 N–H and O–H groups in total. The van der Waals surface area contributed by atoms with Crippen molar-refractivity contribution in [3.05, 3.63) is 17.7 Å². The minimum Gasteiger partial charge on any atom is -0.454 e. The van der Waals surface area contributed by atoms with Crippen molar-refractivity contribution in [2.75, 3.05) is 13.8 Å². The van der Waals surface area contributed by atoms with Crippen LogP contribution in [0.2, 0.25) is 0 Å². The van der Waals surface area contributed by atoms with Gasteiger partial charge >= 0.3 is 6.61 Å². The molecular weight excluding hydrogens is 284 g/mol. The Morgan fingerprint density at radius 1 is 1.43 bits per heavy atom. The zero-order chi connectivity index (χ0) is 15.4. The molecule has 5 nitrogen and oxygen atoms in total. The number of benzene rings is 1. The molecule has 7 heteroatoms. The number of fused-ring (bicyclic) bond motifs is 1. The molecule has 0 saturated carbocycles. The molecule has 0 fully saturated rings. The summed E-state index contributed by atoms with van der Waals surface area (Å²) in [6.07, 6.45) is 0. The van der Waals surface area contributed by atoms with E-state index in [4.69, 9.17) is 9.47 Å². The highest BCUT2D eigenvalue weighted by Gasteiger charge is 2.21. The van der Waals surface area contributed by atoms with Crippen LogP contribution in [0.1, 0.15) is 12.5 Å². The van der Waals surface area contributed by atoms with Gasteiger partial charge in [0.05, 0.1) is 6.54 Å². The summed E-state index contributed by atoms with van der Waals surface area (Å²) in [5.74, 6) is 5.14. The summed E-state index contributed by atoms with van der Waals surface area (Å²) in [5, 5.41) is 0. The Balaban J connectivity index is 2.27. The molecule has 0 radical (unpaired) electrons. The molecule has 0 bridgehead atoms. The molecule has 0 aliphatic carbocycles. The van der Waals surface area contributed by atoms with Gasteiger partial charge in [-0.05, 0) is 18.9 Å². The van der Waals surface area contributed by atoms with E-state index in [2.05, 4.69) is 16.6 Å². The molecule has 0 atom stereocenters. The second kappa shape index (κ2) is 6.31. The van der Waals surface area contributed by atoms with Gasteiger partial charge in [0.1, 0.15) is 5.75 Å². The van der Waals surface area contributed by atoms with Crippen molar-refractivity contribution in [3.63, 3.8) is 0 Å². The van der Waals surface area contributed by atoms with E-state index in [-0.39, 0.29) is 19.1 Å². The lowest BCUT2D eigenvalue weighted by atomic mass is 10.1. The molecule has 2 rings (SSSR count). The molecule has 1 aliphatic heterocycles. The summed E-state index contributed by atoms with van der Waals surface area (Å²) in [6, 6.07) is 2.84. The zero-order valence-electron chi connectivity index (χ0n) is 11.5. The molecule has 0 saturated heterocycles. The topological polar surface area (TPSA) is 48.0 Å². The maximum Gasteiger partial charge on any atom is 0.387 e. The lowest BCUT2D eigenvalue weighted by molar-refractivity contribution is -0.124. The van der Waals surface area contributed by atoms with Gasteiger partial charge in [0, 0.05) is 18.7 Å². The van der Waals surface area contributed by atoms with Gasteiger partial charge in [0.25, 0.3) is 5.91 Å². The van der Waals surface area contributed by atoms with E-state index in [0.29, 0.717) is 17.1 Å². The van der Waals surface area contributed by atoms with Gasteiger partial charge < -0.3 is 19.1 Å². The van der Waals surface area contributed by atoms with Crippen molar-refractivity contribution in [1.82, 2.24) is 4.90 Å². The van der Waals surface area contributed by atoms with Crippen LogP contribution >= 0.6 is 0 Å². The van der Waals surface area contributed by atoms with E-state index < -0.39 is 12.5 Å². The molecule has 0 aromatic heterocycles. The van der Waals surface area contributed by atoms with Crippen LogP contribution in [0.5, 0.6) is 17.2 Å². The Labute approximate surface area is 120 Å². The monoisotopic (exact) mass is 297 g/mol. The molecule has 112 valence electrons. The average Bonchev–Trinajstić information content (AvgIpc) is 2.85. The second-order valence-corrected chi connectivity index (χ2v) is 4.23. The molecule has 21 heavy (non-hydrogen) atoms. The summed E-state index contributed by atoms with van der Waals surface area (Å²) in [6.45, 7) is -1.35. The number of amides is 1. The molecule has 1 amide bonds. The first-order valence-electron chi connectivity index (χ1n) is 6.06. The summed E-state index contributed by atoms with van der Waals surface area (Å²) in [4.78, 5) is 12.9. The number of halogens is 2. The molecule has 1 aliphatic rings. The van der Waals surface area contributed by atoms with E-state index >= 15 is 0 Å². The molecule has 0 unspecified atom stereocenters. The third-order valence-corrected chi connectivity index (χ3v) is 2.76. The van der Waals surface area contributed by atoms with Crippen molar-refractivity contribution in [2.45, 2.75) is 20.1 Å². The quantitative estimate of drug-likeness (QED) is 0.798. The van der Waals surface area contributed by atoms with Crippen LogP contribution < -0.4 is 14.2 Å². The maximum absolute atomic E-state index is 12.5. The van der Waals surface area contributed by atoms with E-state index in [1.54, 1.807) is 0 Å². The zero-order valence-corrected chi connectivity index (χ0v) is 11.5. The molecular formula is C14H13F2NO4. The normalized spacial score (nSPS) is 11.9. The van der Waals surface area contributed by atoms with Gasteiger partial charge in [-0.3, -0.25) is 4.79 Å². The van der Waals surface area contributed by atoms with Crippen molar-refractivity contribution in [1.29, 1.82) is 0 Å². The summed E-state index contributed by atoms with van der Waals surface area (Å²) in [5.41, 5.74) is 0.383. The predicted molar refractivity (Wildman–Crippen MR) is 69.1 cm³/mol. The van der Waals surface area contributed by atoms with E-state index in [1.165, 1.54) is 31.0 Å². The van der Waals surface area contributed by atoms with Crippen LogP contribution in [0, 0.1) is 11.8 Å². The standard InChI is InChI=1S/C14H13F2NO4/c1-3-4-13(18)17(2)7-9-5-11-12(20-8-19-11)6-10(9)21-14(15)16/h5-6,14H,7-8H2,1-2H3. The van der Waals surface area contributed by atoms with Crippen LogP contribution in [-0.2, 0) is 11.3 Å². The number of nitrogens with zero attached hydrogens (tertiary/aromatic N) is 1. The fourth-order valence-corrected chi connectivity index (χ4v) is 1.82. The second-order valence-electron chi connectivity index (χ2n) is 4.23. The number of rotatable bonds is 4. The largest absolute Gasteiger partial charge is 0.454 e. The van der Waals surface area contributed by atoms with Gasteiger partial charge in [-0.15, -0.1) is 0 Å². The molecule has 0 spiro atoms. The minimum atomic E-state index is -2.97. The van der Waals surface area contributed by atoms with Crippen molar-refractivity contribution in [3.8, 4) is 29.1 Å². The SMILES string of the molecule is CC#CC(=O)N(C)Cc1cc2c(cc1OC(F)F)OCO2. The number of carbonyl (C=O) groups excluding carboxylic acids is 1. The number of hydrogen-bond acceptors (Lipinski definition) is 4. The Hall–Kier alpha value is -2.49. The Kier molecular flexibility index (Phi) is 4.48. The fourth-order valence-electron chi connectivity index (χ4n) is 1.82. The third-order valence-electron chi connectivity index (χ3n) is 2.76. The highest BCUT2D eigenvalue weighted by molar-refractivity contribution is 5.93. The minimum absolute atomic E-state index is 0.0169. The smallest absolute Gasteiger partial charge is 0.387 e. The van der Waals surface area contributed by atoms with Crippen LogP contribution in [0.4, 0.5) is 8.78 Å². The summed E-state index contributed by atoms with van der Waals surface area (Å²) >= 11 is 0. The van der Waals surface area contributed by atoms with Gasteiger partial charge in [-0.1, -0.05) is 5.92 Å². The van der Waals surface area contributed by atoms with E-state index in [9.17, 15) is 13.6 Å². The van der Waals surface area contributed by atoms with Crippen LogP contribution in [0.15, 0.2) is 12.1 Å². The molecule has 1 heterocycles. The fraction of sp³-hybridized carbons (Fsp3) is 0.357. The van der Waals surface area contributed by atoms with Crippen LogP contribution in [-0.4, -0.2) is 31.3 Å². The van der Waals surface area contributed by atoms with Crippen molar-refractivity contribution >= 4 is 5.91 Å². The first-order chi connectivity index (χ1) is 10.0. The average molecular weight is 297 g/mol. The van der Waals surface area contributed by atoms with E-state index in [1.807, 2.05) is 0 Å². The van der Waals surface area contributed by atoms with Gasteiger partial charge in [0.15, 0.2) is 11.5 Å². The van der Waals surface area contributed by atoms with Crippen LogP contribution in [0.25, 0.3) is 0 Å². The molecule has 1 aromatic carbocycles. The third kappa shape index (κ3) is 3.54. The number of alkyl halides is 2. The number of hydrogen-bond donors (Lipinski definition) is 0. The maximum atomic E-state index is 12.5. The lowest BCUT2D eigenvalue weighted by Gasteiger charge is -2.17. The highest BCUT2D eigenvalue weighted by Crippen LogP contribution is 2.39. The van der Waals surface area contributed by atoms with Crippen molar-refractivity contribution < 1.29 is 27.8 Å². The van der Waals surface area contributed by atoms with Gasteiger partial charge in [-0.25, -0.2) is 0 Å². The highest BCUT2D eigenvalue weighted by atomic mass is 19.3. The van der Waals surface area contributed by atoms with Gasteiger partial charge in [-0.2, -0.15) is 8.78 Å². The Bertz CT molecular complexity index is 607. The summed E-state index contributed by atoms with van der Waals surface area (Å²) in [7, 11) is 1.52. The van der Waals surface area contributed by atoms with Gasteiger partial charge in [0.2, 0.25) is 6.79 Å². The summed E-state index contributed by atoms with van der Waals surface area (Å²) < 4.78 is 39.7. The first-order valence-corrected chi connectivity index (χ1v) is 6.06. The lowest BCUT2D eigenvalue weighted by Crippen LogP contribution is -2.25. The predicted octanol–water partition coefficient (Wildman–Crippen LogP) is 2.00. The Morgan fingerprint density at radius 2 is 2.10 bits per heavy atom. The van der Waals surface area contributed by atoms with Crippen molar-refractivity contribution in [2.24, 2.45) is 0 Å². The Morgan fingerprint density at radius 3 is 2.71 bits per heavy atom. The molecule has 1 aromatic rings. The first kappa shape index (κ1) is 14.9.